The minimum atomic E-state index is -0.517. The first-order valence-electron chi connectivity index (χ1n) is 7.72. The van der Waals surface area contributed by atoms with Crippen molar-refractivity contribution in [3.63, 3.8) is 0 Å². The maximum atomic E-state index is 12.7. The second kappa shape index (κ2) is 5.57. The molecule has 2 saturated heterocycles. The molecule has 0 aliphatic carbocycles. The van der Waals surface area contributed by atoms with Gasteiger partial charge in [0, 0.05) is 23.8 Å². The van der Waals surface area contributed by atoms with Gasteiger partial charge in [0.15, 0.2) is 0 Å². The van der Waals surface area contributed by atoms with Crippen LogP contribution in [0.5, 0.6) is 0 Å². The van der Waals surface area contributed by atoms with Gasteiger partial charge in [-0.05, 0) is 24.8 Å². The van der Waals surface area contributed by atoms with Crippen LogP contribution in [0, 0.1) is 0 Å². The SMILES string of the molecule is CC(C)c1cc(C(=O)N2CCCC3(CN(C)C(=O)O3)C2)cs1. The lowest BCUT2D eigenvalue weighted by atomic mass is 9.92. The lowest BCUT2D eigenvalue weighted by Crippen LogP contribution is -2.52. The molecule has 0 radical (unpaired) electrons. The molecule has 0 saturated carbocycles. The van der Waals surface area contributed by atoms with Crippen LogP contribution in [0.2, 0.25) is 0 Å². The first-order chi connectivity index (χ1) is 10.4. The predicted octanol–water partition coefficient (Wildman–Crippen LogP) is 2.93. The third-order valence-corrected chi connectivity index (χ3v) is 5.64. The van der Waals surface area contributed by atoms with E-state index in [0.29, 0.717) is 19.0 Å². The Hall–Kier alpha value is -1.56. The Morgan fingerprint density at radius 1 is 1.41 bits per heavy atom. The summed E-state index contributed by atoms with van der Waals surface area (Å²) in [7, 11) is 1.74. The monoisotopic (exact) mass is 322 g/mol. The van der Waals surface area contributed by atoms with E-state index < -0.39 is 5.60 Å². The van der Waals surface area contributed by atoms with Gasteiger partial charge < -0.3 is 14.5 Å². The van der Waals surface area contributed by atoms with Crippen molar-refractivity contribution in [2.45, 2.75) is 38.2 Å². The Morgan fingerprint density at radius 3 is 2.77 bits per heavy atom. The van der Waals surface area contributed by atoms with E-state index in [-0.39, 0.29) is 12.0 Å². The number of amides is 2. The zero-order chi connectivity index (χ0) is 15.9. The smallest absolute Gasteiger partial charge is 0.410 e. The van der Waals surface area contributed by atoms with E-state index in [1.807, 2.05) is 16.3 Å². The van der Waals surface area contributed by atoms with Crippen LogP contribution in [0.15, 0.2) is 11.4 Å². The maximum Gasteiger partial charge on any atom is 0.410 e. The Morgan fingerprint density at radius 2 is 2.18 bits per heavy atom. The second-order valence-corrected chi connectivity index (χ2v) is 7.57. The Balaban J connectivity index is 1.74. The average Bonchev–Trinajstić information content (AvgIpc) is 3.05. The number of likely N-dealkylation sites (tertiary alicyclic amines) is 1. The summed E-state index contributed by atoms with van der Waals surface area (Å²) in [6, 6.07) is 1.99. The van der Waals surface area contributed by atoms with Crippen molar-refractivity contribution in [3.05, 3.63) is 21.9 Å². The van der Waals surface area contributed by atoms with Crippen LogP contribution in [0.1, 0.15) is 47.8 Å². The van der Waals surface area contributed by atoms with Crippen LogP contribution in [0.25, 0.3) is 0 Å². The number of piperidine rings is 1. The topological polar surface area (TPSA) is 49.9 Å². The first kappa shape index (κ1) is 15.3. The molecule has 1 atom stereocenters. The molecule has 3 rings (SSSR count). The molecule has 22 heavy (non-hydrogen) atoms. The van der Waals surface area contributed by atoms with Crippen molar-refractivity contribution in [1.82, 2.24) is 9.80 Å². The third kappa shape index (κ3) is 2.72. The Bertz CT molecular complexity index is 598. The van der Waals surface area contributed by atoms with E-state index >= 15 is 0 Å². The molecule has 120 valence electrons. The number of carbonyl (C=O) groups is 2. The summed E-state index contributed by atoms with van der Waals surface area (Å²) >= 11 is 1.63. The Labute approximate surface area is 134 Å². The highest BCUT2D eigenvalue weighted by Crippen LogP contribution is 2.32. The molecule has 2 aliphatic heterocycles. The second-order valence-electron chi connectivity index (χ2n) is 6.63. The normalized spacial score (nSPS) is 25.2. The van der Waals surface area contributed by atoms with E-state index in [1.165, 1.54) is 4.88 Å². The minimum absolute atomic E-state index is 0.0489. The van der Waals surface area contributed by atoms with Crippen molar-refractivity contribution in [2.24, 2.45) is 0 Å². The standard InChI is InChI=1S/C16H22N2O3S/c1-11(2)13-7-12(8-22-13)14(19)18-6-4-5-16(10-18)9-17(3)15(20)21-16/h7-8,11H,4-6,9-10H2,1-3H3. The van der Waals surface area contributed by atoms with E-state index in [4.69, 9.17) is 4.74 Å². The molecule has 1 aromatic heterocycles. The molecule has 1 aromatic rings. The molecule has 1 spiro atoms. The van der Waals surface area contributed by atoms with Crippen LogP contribution >= 0.6 is 11.3 Å². The van der Waals surface area contributed by atoms with Gasteiger partial charge in [0.25, 0.3) is 5.91 Å². The van der Waals surface area contributed by atoms with Crippen LogP contribution in [0.4, 0.5) is 4.79 Å². The van der Waals surface area contributed by atoms with E-state index in [0.717, 1.165) is 24.9 Å². The number of hydrogen-bond donors (Lipinski definition) is 0. The van der Waals surface area contributed by atoms with Gasteiger partial charge in [0.05, 0.1) is 18.7 Å². The van der Waals surface area contributed by atoms with Crippen molar-refractivity contribution < 1.29 is 14.3 Å². The fourth-order valence-corrected chi connectivity index (χ4v) is 4.13. The zero-order valence-corrected chi connectivity index (χ0v) is 14.1. The number of likely N-dealkylation sites (N-methyl/N-ethyl adjacent to an activating group) is 1. The molecule has 1 unspecified atom stereocenters. The average molecular weight is 322 g/mol. The number of ether oxygens (including phenoxy) is 1. The van der Waals surface area contributed by atoms with Gasteiger partial charge in [0.2, 0.25) is 0 Å². The highest BCUT2D eigenvalue weighted by atomic mass is 32.1. The molecule has 2 amide bonds. The van der Waals surface area contributed by atoms with Gasteiger partial charge in [-0.1, -0.05) is 13.8 Å². The molecule has 5 nitrogen and oxygen atoms in total. The van der Waals surface area contributed by atoms with Crippen molar-refractivity contribution >= 4 is 23.3 Å². The molecule has 3 heterocycles. The molecule has 2 fully saturated rings. The minimum Gasteiger partial charge on any atom is -0.439 e. The number of nitrogens with zero attached hydrogens (tertiary/aromatic N) is 2. The molecule has 0 aromatic carbocycles. The van der Waals surface area contributed by atoms with Gasteiger partial charge in [0.1, 0.15) is 5.60 Å². The van der Waals surface area contributed by atoms with Crippen molar-refractivity contribution in [3.8, 4) is 0 Å². The number of carbonyl (C=O) groups excluding carboxylic acids is 2. The van der Waals surface area contributed by atoms with E-state index in [2.05, 4.69) is 13.8 Å². The molecule has 0 bridgehead atoms. The zero-order valence-electron chi connectivity index (χ0n) is 13.3. The molecule has 2 aliphatic rings. The van der Waals surface area contributed by atoms with Gasteiger partial charge >= 0.3 is 6.09 Å². The van der Waals surface area contributed by atoms with Gasteiger partial charge in [-0.3, -0.25) is 4.79 Å². The molecule has 0 N–H and O–H groups in total. The van der Waals surface area contributed by atoms with E-state index in [1.54, 1.807) is 23.3 Å². The highest BCUT2D eigenvalue weighted by molar-refractivity contribution is 7.10. The fraction of sp³-hybridized carbons (Fsp3) is 0.625. The van der Waals surface area contributed by atoms with Crippen LogP contribution in [-0.4, -0.2) is 54.1 Å². The summed E-state index contributed by atoms with van der Waals surface area (Å²) in [5.74, 6) is 0.483. The first-order valence-corrected chi connectivity index (χ1v) is 8.60. The van der Waals surface area contributed by atoms with Crippen LogP contribution < -0.4 is 0 Å². The fourth-order valence-electron chi connectivity index (χ4n) is 3.23. The molecular weight excluding hydrogens is 300 g/mol. The van der Waals surface area contributed by atoms with Gasteiger partial charge in [-0.25, -0.2) is 4.79 Å². The summed E-state index contributed by atoms with van der Waals surface area (Å²) in [5.41, 5.74) is 0.236. The van der Waals surface area contributed by atoms with Crippen LogP contribution in [-0.2, 0) is 4.74 Å². The summed E-state index contributed by atoms with van der Waals surface area (Å²) in [6.07, 6.45) is 1.41. The lowest BCUT2D eigenvalue weighted by molar-refractivity contribution is -0.00519. The number of thiophene rings is 1. The molecule has 6 heteroatoms. The van der Waals surface area contributed by atoms with E-state index in [9.17, 15) is 9.59 Å². The molecular formula is C16H22N2O3S. The quantitative estimate of drug-likeness (QED) is 0.841. The predicted molar refractivity (Wildman–Crippen MR) is 85.4 cm³/mol. The third-order valence-electron chi connectivity index (χ3n) is 4.40. The number of rotatable bonds is 2. The van der Waals surface area contributed by atoms with Gasteiger partial charge in [-0.15, -0.1) is 11.3 Å². The summed E-state index contributed by atoms with van der Waals surface area (Å²) in [4.78, 5) is 29.0. The summed E-state index contributed by atoms with van der Waals surface area (Å²) in [5, 5.41) is 1.94. The maximum absolute atomic E-state index is 12.7. The number of hydrogen-bond acceptors (Lipinski definition) is 4. The van der Waals surface area contributed by atoms with Gasteiger partial charge in [-0.2, -0.15) is 0 Å². The summed E-state index contributed by atoms with van der Waals surface area (Å²) in [6.45, 7) is 6.05. The lowest BCUT2D eigenvalue weighted by Gasteiger charge is -2.38. The van der Waals surface area contributed by atoms with Crippen molar-refractivity contribution in [2.75, 3.05) is 26.7 Å². The van der Waals surface area contributed by atoms with Crippen LogP contribution in [0.3, 0.4) is 0 Å². The van der Waals surface area contributed by atoms with Crippen molar-refractivity contribution in [1.29, 1.82) is 0 Å². The summed E-state index contributed by atoms with van der Waals surface area (Å²) < 4.78 is 5.56. The largest absolute Gasteiger partial charge is 0.439 e. The highest BCUT2D eigenvalue weighted by Gasteiger charge is 2.47. The Kier molecular flexibility index (Phi) is 3.89.